The molecule has 0 unspecified atom stereocenters. The Kier molecular flexibility index (Phi) is 4.51. The minimum atomic E-state index is -0.317. The number of nitrogens with zero attached hydrogens (tertiary/aromatic N) is 3. The summed E-state index contributed by atoms with van der Waals surface area (Å²) in [4.78, 5) is 34.2. The fraction of sp³-hybridized carbons (Fsp3) is 0.294. The van der Waals surface area contributed by atoms with Gasteiger partial charge in [-0.05, 0) is 19.1 Å². The van der Waals surface area contributed by atoms with E-state index in [9.17, 15) is 9.59 Å². The van der Waals surface area contributed by atoms with Crippen molar-refractivity contribution in [3.05, 3.63) is 41.7 Å². The first-order chi connectivity index (χ1) is 12.0. The molecular weight excluding hydrogens is 322 g/mol. The van der Waals surface area contributed by atoms with Gasteiger partial charge >= 0.3 is 0 Å². The first kappa shape index (κ1) is 16.7. The number of aromatic nitrogens is 2. The molecule has 8 heteroatoms. The summed E-state index contributed by atoms with van der Waals surface area (Å²) in [6.45, 7) is 2.09. The standard InChI is InChI=1S/C17H19N5O3/c1-10-14(8-19-17(18)20-10)16(24)21-11-6-15(23)22(9-11)12-4-3-5-13(7-12)25-2/h3-5,7-8,11H,6,9H2,1-2H3,(H,21,24)(H2,18,19,20)/t11-/m1/s1. The molecule has 0 aliphatic carbocycles. The van der Waals surface area contributed by atoms with Crippen molar-refractivity contribution in [1.29, 1.82) is 0 Å². The number of anilines is 2. The Balaban J connectivity index is 1.71. The van der Waals surface area contributed by atoms with Crippen LogP contribution in [0.2, 0.25) is 0 Å². The van der Waals surface area contributed by atoms with Crippen molar-refractivity contribution < 1.29 is 14.3 Å². The zero-order chi connectivity index (χ0) is 18.0. The Morgan fingerprint density at radius 2 is 2.24 bits per heavy atom. The first-order valence-electron chi connectivity index (χ1n) is 7.82. The Labute approximate surface area is 145 Å². The fourth-order valence-electron chi connectivity index (χ4n) is 2.80. The number of benzene rings is 1. The maximum absolute atomic E-state index is 12.4. The fourth-order valence-corrected chi connectivity index (χ4v) is 2.80. The van der Waals surface area contributed by atoms with E-state index in [-0.39, 0.29) is 30.2 Å². The summed E-state index contributed by atoms with van der Waals surface area (Å²) in [6.07, 6.45) is 1.63. The number of hydrogen-bond acceptors (Lipinski definition) is 6. The first-order valence-corrected chi connectivity index (χ1v) is 7.82. The van der Waals surface area contributed by atoms with Gasteiger partial charge in [0.05, 0.1) is 24.4 Å². The number of methoxy groups -OCH3 is 1. The highest BCUT2D eigenvalue weighted by atomic mass is 16.5. The molecule has 1 aromatic heterocycles. The number of nitrogens with one attached hydrogen (secondary N) is 1. The second-order valence-corrected chi connectivity index (χ2v) is 5.81. The van der Waals surface area contributed by atoms with Crippen molar-refractivity contribution in [3.63, 3.8) is 0 Å². The molecule has 0 spiro atoms. The number of nitrogen functional groups attached to an aromatic ring is 1. The van der Waals surface area contributed by atoms with Crippen LogP contribution in [0.5, 0.6) is 5.75 Å². The van der Waals surface area contributed by atoms with Gasteiger partial charge in [-0.15, -0.1) is 0 Å². The van der Waals surface area contributed by atoms with Crippen LogP contribution in [0.4, 0.5) is 11.6 Å². The molecule has 1 fully saturated rings. The number of aryl methyl sites for hydroxylation is 1. The van der Waals surface area contributed by atoms with Gasteiger partial charge in [0.2, 0.25) is 11.9 Å². The van der Waals surface area contributed by atoms with Crippen LogP contribution < -0.4 is 20.7 Å². The van der Waals surface area contributed by atoms with Crippen molar-refractivity contribution in [2.24, 2.45) is 0 Å². The molecule has 1 aliphatic heterocycles. The molecule has 2 heterocycles. The van der Waals surface area contributed by atoms with E-state index in [1.54, 1.807) is 25.0 Å². The molecule has 130 valence electrons. The van der Waals surface area contributed by atoms with Crippen molar-refractivity contribution in [1.82, 2.24) is 15.3 Å². The van der Waals surface area contributed by atoms with Gasteiger partial charge in [-0.25, -0.2) is 9.97 Å². The lowest BCUT2D eigenvalue weighted by Crippen LogP contribution is -2.37. The summed E-state index contributed by atoms with van der Waals surface area (Å²) in [5.41, 5.74) is 7.09. The van der Waals surface area contributed by atoms with Gasteiger partial charge in [0.15, 0.2) is 0 Å². The molecule has 1 saturated heterocycles. The molecule has 1 aromatic carbocycles. The number of hydrogen-bond donors (Lipinski definition) is 2. The van der Waals surface area contributed by atoms with E-state index in [2.05, 4.69) is 15.3 Å². The smallest absolute Gasteiger partial charge is 0.254 e. The number of ether oxygens (including phenoxy) is 1. The van der Waals surface area contributed by atoms with E-state index in [0.717, 1.165) is 5.69 Å². The highest BCUT2D eigenvalue weighted by molar-refractivity contribution is 5.99. The largest absolute Gasteiger partial charge is 0.497 e. The number of carbonyl (C=O) groups excluding carboxylic acids is 2. The molecule has 3 rings (SSSR count). The molecule has 2 amide bonds. The maximum Gasteiger partial charge on any atom is 0.254 e. The lowest BCUT2D eigenvalue weighted by molar-refractivity contribution is -0.117. The van der Waals surface area contributed by atoms with Crippen LogP contribution in [0.3, 0.4) is 0 Å². The molecule has 25 heavy (non-hydrogen) atoms. The summed E-state index contributed by atoms with van der Waals surface area (Å²) >= 11 is 0. The van der Waals surface area contributed by atoms with Gasteiger partial charge in [0.1, 0.15) is 5.75 Å². The molecule has 2 aromatic rings. The van der Waals surface area contributed by atoms with Gasteiger partial charge in [-0.3, -0.25) is 9.59 Å². The zero-order valence-electron chi connectivity index (χ0n) is 14.0. The summed E-state index contributed by atoms with van der Waals surface area (Å²) in [6, 6.07) is 6.97. The van der Waals surface area contributed by atoms with Gasteiger partial charge in [0.25, 0.3) is 5.91 Å². The Morgan fingerprint density at radius 3 is 2.96 bits per heavy atom. The average molecular weight is 341 g/mol. The third-order valence-corrected chi connectivity index (χ3v) is 4.07. The maximum atomic E-state index is 12.4. The number of amides is 2. The third kappa shape index (κ3) is 3.52. The predicted octanol–water partition coefficient (Wildman–Crippen LogP) is 0.911. The highest BCUT2D eigenvalue weighted by Gasteiger charge is 2.32. The molecule has 0 bridgehead atoms. The molecule has 0 saturated carbocycles. The van der Waals surface area contributed by atoms with Crippen LogP contribution >= 0.6 is 0 Å². The van der Waals surface area contributed by atoms with Crippen molar-refractivity contribution in [2.75, 3.05) is 24.3 Å². The Morgan fingerprint density at radius 1 is 1.44 bits per heavy atom. The zero-order valence-corrected chi connectivity index (χ0v) is 14.0. The van der Waals surface area contributed by atoms with Gasteiger partial charge in [0, 0.05) is 30.9 Å². The minimum Gasteiger partial charge on any atom is -0.497 e. The van der Waals surface area contributed by atoms with Gasteiger partial charge < -0.3 is 20.7 Å². The van der Waals surface area contributed by atoms with E-state index < -0.39 is 0 Å². The highest BCUT2D eigenvalue weighted by Crippen LogP contribution is 2.25. The minimum absolute atomic E-state index is 0.0520. The number of nitrogens with two attached hydrogens (primary N) is 1. The second kappa shape index (κ2) is 6.76. The molecule has 8 nitrogen and oxygen atoms in total. The van der Waals surface area contributed by atoms with Gasteiger partial charge in [-0.2, -0.15) is 0 Å². The van der Waals surface area contributed by atoms with Crippen molar-refractivity contribution >= 4 is 23.5 Å². The van der Waals surface area contributed by atoms with Crippen LogP contribution in [0, 0.1) is 6.92 Å². The van der Waals surface area contributed by atoms with E-state index in [1.165, 1.54) is 6.20 Å². The molecule has 0 radical (unpaired) electrons. The Bertz CT molecular complexity index is 824. The summed E-state index contributed by atoms with van der Waals surface area (Å²) < 4.78 is 5.19. The Hall–Kier alpha value is -3.16. The van der Waals surface area contributed by atoms with Crippen LogP contribution in [0.15, 0.2) is 30.5 Å². The molecule has 1 aliphatic rings. The van der Waals surface area contributed by atoms with E-state index in [0.29, 0.717) is 23.6 Å². The quantitative estimate of drug-likeness (QED) is 0.855. The normalized spacial score (nSPS) is 16.8. The van der Waals surface area contributed by atoms with E-state index in [4.69, 9.17) is 10.5 Å². The van der Waals surface area contributed by atoms with E-state index >= 15 is 0 Å². The molecule has 3 N–H and O–H groups in total. The van der Waals surface area contributed by atoms with E-state index in [1.807, 2.05) is 18.2 Å². The number of carbonyl (C=O) groups is 2. The molecular formula is C17H19N5O3. The van der Waals surface area contributed by atoms with Crippen LogP contribution in [0.25, 0.3) is 0 Å². The van der Waals surface area contributed by atoms with Crippen LogP contribution in [0.1, 0.15) is 22.5 Å². The monoisotopic (exact) mass is 341 g/mol. The van der Waals surface area contributed by atoms with Gasteiger partial charge in [-0.1, -0.05) is 6.07 Å². The topological polar surface area (TPSA) is 110 Å². The summed E-state index contributed by atoms with van der Waals surface area (Å²) in [5, 5.41) is 2.86. The second-order valence-electron chi connectivity index (χ2n) is 5.81. The van der Waals surface area contributed by atoms with Crippen molar-refractivity contribution in [3.8, 4) is 5.75 Å². The average Bonchev–Trinajstić information content (AvgIpc) is 2.95. The lowest BCUT2D eigenvalue weighted by Gasteiger charge is -2.18. The summed E-state index contributed by atoms with van der Waals surface area (Å²) in [5.74, 6) is 0.424. The van der Waals surface area contributed by atoms with Crippen molar-refractivity contribution in [2.45, 2.75) is 19.4 Å². The SMILES string of the molecule is COc1cccc(N2C[C@H](NC(=O)c3cnc(N)nc3C)CC2=O)c1. The predicted molar refractivity (Wildman–Crippen MR) is 92.4 cm³/mol. The van der Waals surface area contributed by atoms with Crippen LogP contribution in [-0.4, -0.2) is 41.5 Å². The van der Waals surface area contributed by atoms with Crippen LogP contribution in [-0.2, 0) is 4.79 Å². The summed E-state index contributed by atoms with van der Waals surface area (Å²) in [7, 11) is 1.57. The lowest BCUT2D eigenvalue weighted by atomic mass is 10.2. The third-order valence-electron chi connectivity index (χ3n) is 4.07. The molecule has 1 atom stereocenters. The number of rotatable bonds is 4.